The highest BCUT2D eigenvalue weighted by atomic mass is 35.5. The molecule has 0 radical (unpaired) electrons. The van der Waals surface area contributed by atoms with Gasteiger partial charge in [-0.2, -0.15) is 0 Å². The first-order chi connectivity index (χ1) is 13.6. The molecule has 5 rings (SSSR count). The van der Waals surface area contributed by atoms with Gasteiger partial charge in [0.1, 0.15) is 11.3 Å². The number of nitrogens with zero attached hydrogens (tertiary/aromatic N) is 4. The number of ether oxygens (including phenoxy) is 1. The Balaban J connectivity index is 1.76. The summed E-state index contributed by atoms with van der Waals surface area (Å²) in [5, 5.41) is 11.7. The van der Waals surface area contributed by atoms with E-state index in [0.717, 1.165) is 33.5 Å². The topological polar surface area (TPSA) is 72.5 Å². The maximum Gasteiger partial charge on any atom is 0.164 e. The van der Waals surface area contributed by atoms with E-state index in [2.05, 4.69) is 15.0 Å². The summed E-state index contributed by atoms with van der Waals surface area (Å²) in [6.07, 6.45) is 4.65. The molecule has 1 aliphatic rings. The third-order valence-electron chi connectivity index (χ3n) is 5.46. The van der Waals surface area contributed by atoms with Crippen LogP contribution in [0.15, 0.2) is 42.7 Å². The van der Waals surface area contributed by atoms with Gasteiger partial charge in [0, 0.05) is 37.8 Å². The molecule has 0 saturated carbocycles. The summed E-state index contributed by atoms with van der Waals surface area (Å²) in [4.78, 5) is 13.8. The lowest BCUT2D eigenvalue weighted by molar-refractivity contribution is -0.0678. The molecular weight excluding hydrogens is 376 g/mol. The van der Waals surface area contributed by atoms with Gasteiger partial charge in [-0.15, -0.1) is 0 Å². The monoisotopic (exact) mass is 394 g/mol. The standard InChI is InChI=1S/C21H19ClN4O2/c1-13-18-12-24-19(26(18)20-17(25-13)3-2-8-23-20)15-11-14(4-5-16(15)22)21(27)6-9-28-10-7-21/h2-5,8,11-12,27H,6-7,9-10H2,1H3. The fraction of sp³-hybridized carbons (Fsp3) is 0.286. The molecule has 4 aromatic rings. The Morgan fingerprint density at radius 3 is 2.82 bits per heavy atom. The summed E-state index contributed by atoms with van der Waals surface area (Å²) in [5.74, 6) is 0.687. The van der Waals surface area contributed by atoms with Crippen LogP contribution in [0, 0.1) is 6.92 Å². The molecule has 142 valence electrons. The van der Waals surface area contributed by atoms with Crippen molar-refractivity contribution in [3.8, 4) is 11.4 Å². The summed E-state index contributed by atoms with van der Waals surface area (Å²) in [6, 6.07) is 9.44. The van der Waals surface area contributed by atoms with E-state index in [4.69, 9.17) is 16.3 Å². The quantitative estimate of drug-likeness (QED) is 0.558. The third kappa shape index (κ3) is 2.68. The van der Waals surface area contributed by atoms with Crippen LogP contribution in [-0.4, -0.2) is 37.7 Å². The number of rotatable bonds is 2. The maximum atomic E-state index is 11.1. The normalized spacial score (nSPS) is 16.7. The van der Waals surface area contributed by atoms with Gasteiger partial charge in [0.15, 0.2) is 5.65 Å². The second-order valence-electron chi connectivity index (χ2n) is 7.18. The average Bonchev–Trinajstić information content (AvgIpc) is 3.15. The van der Waals surface area contributed by atoms with Crippen molar-refractivity contribution in [3.05, 3.63) is 59.0 Å². The van der Waals surface area contributed by atoms with Gasteiger partial charge in [0.05, 0.1) is 28.0 Å². The van der Waals surface area contributed by atoms with Crippen LogP contribution in [0.5, 0.6) is 0 Å². The molecule has 1 N–H and O–H groups in total. The van der Waals surface area contributed by atoms with Crippen LogP contribution in [0.25, 0.3) is 28.1 Å². The van der Waals surface area contributed by atoms with Crippen molar-refractivity contribution in [2.75, 3.05) is 13.2 Å². The lowest BCUT2D eigenvalue weighted by Gasteiger charge is -2.32. The van der Waals surface area contributed by atoms with Gasteiger partial charge >= 0.3 is 0 Å². The van der Waals surface area contributed by atoms with Crippen LogP contribution in [0.1, 0.15) is 24.1 Å². The average molecular weight is 395 g/mol. The number of hydrogen-bond acceptors (Lipinski definition) is 5. The fourth-order valence-corrected chi connectivity index (χ4v) is 4.08. The number of fused-ring (bicyclic) bond motifs is 3. The molecule has 1 fully saturated rings. The first-order valence-electron chi connectivity index (χ1n) is 9.26. The van der Waals surface area contributed by atoms with Crippen molar-refractivity contribution >= 4 is 28.3 Å². The number of aliphatic hydroxyl groups is 1. The zero-order valence-corrected chi connectivity index (χ0v) is 16.1. The molecule has 0 atom stereocenters. The minimum Gasteiger partial charge on any atom is -0.385 e. The molecule has 1 aliphatic heterocycles. The van der Waals surface area contributed by atoms with Gasteiger partial charge in [-0.05, 0) is 36.8 Å². The lowest BCUT2D eigenvalue weighted by atomic mass is 9.85. The third-order valence-corrected chi connectivity index (χ3v) is 5.79. The Morgan fingerprint density at radius 1 is 1.18 bits per heavy atom. The zero-order valence-electron chi connectivity index (χ0n) is 15.4. The van der Waals surface area contributed by atoms with Crippen LogP contribution >= 0.6 is 11.6 Å². The van der Waals surface area contributed by atoms with Crippen LogP contribution < -0.4 is 0 Å². The lowest BCUT2D eigenvalue weighted by Crippen LogP contribution is -2.33. The summed E-state index contributed by atoms with van der Waals surface area (Å²) in [6.45, 7) is 3.04. The minimum atomic E-state index is -0.914. The SMILES string of the molecule is Cc1nc2cccnc2n2c(-c3cc(C4(O)CCOCC4)ccc3Cl)ncc12. The van der Waals surface area contributed by atoms with Crippen molar-refractivity contribution in [1.82, 2.24) is 19.4 Å². The Morgan fingerprint density at radius 2 is 2.00 bits per heavy atom. The van der Waals surface area contributed by atoms with Crippen molar-refractivity contribution in [1.29, 1.82) is 0 Å². The highest BCUT2D eigenvalue weighted by Crippen LogP contribution is 2.37. The molecule has 0 unspecified atom stereocenters. The molecule has 3 aromatic heterocycles. The molecule has 0 amide bonds. The number of hydrogen-bond donors (Lipinski definition) is 1. The minimum absolute atomic E-state index is 0.542. The number of benzene rings is 1. The van der Waals surface area contributed by atoms with E-state index in [1.54, 1.807) is 12.4 Å². The predicted molar refractivity (Wildman–Crippen MR) is 107 cm³/mol. The summed E-state index contributed by atoms with van der Waals surface area (Å²) in [7, 11) is 0. The second kappa shape index (κ2) is 6.51. The molecule has 0 bridgehead atoms. The number of aromatic nitrogens is 4. The summed E-state index contributed by atoms with van der Waals surface area (Å²) in [5.41, 5.74) is 3.94. The highest BCUT2D eigenvalue weighted by molar-refractivity contribution is 6.33. The van der Waals surface area contributed by atoms with Gasteiger partial charge in [-0.3, -0.25) is 4.40 Å². The van der Waals surface area contributed by atoms with E-state index >= 15 is 0 Å². The number of halogens is 1. The van der Waals surface area contributed by atoms with Crippen molar-refractivity contribution < 1.29 is 9.84 Å². The van der Waals surface area contributed by atoms with Crippen LogP contribution in [0.3, 0.4) is 0 Å². The predicted octanol–water partition coefficient (Wildman–Crippen LogP) is 3.90. The Hall–Kier alpha value is -2.54. The molecule has 28 heavy (non-hydrogen) atoms. The van der Waals surface area contributed by atoms with E-state index < -0.39 is 5.60 Å². The zero-order chi connectivity index (χ0) is 19.3. The molecule has 4 heterocycles. The van der Waals surface area contributed by atoms with Gasteiger partial charge in [0.25, 0.3) is 0 Å². The van der Waals surface area contributed by atoms with Gasteiger partial charge in [-0.1, -0.05) is 17.7 Å². The van der Waals surface area contributed by atoms with Crippen LogP contribution in [0.4, 0.5) is 0 Å². The number of aryl methyl sites for hydroxylation is 1. The first-order valence-corrected chi connectivity index (χ1v) is 9.64. The van der Waals surface area contributed by atoms with E-state index in [1.807, 2.05) is 41.7 Å². The van der Waals surface area contributed by atoms with E-state index in [0.29, 0.717) is 36.9 Å². The second-order valence-corrected chi connectivity index (χ2v) is 7.59. The molecular formula is C21H19ClN4O2. The largest absolute Gasteiger partial charge is 0.385 e. The van der Waals surface area contributed by atoms with E-state index in [1.165, 1.54) is 0 Å². The van der Waals surface area contributed by atoms with Gasteiger partial charge < -0.3 is 9.84 Å². The molecule has 1 aromatic carbocycles. The van der Waals surface area contributed by atoms with Crippen molar-refractivity contribution in [2.45, 2.75) is 25.4 Å². The molecule has 1 saturated heterocycles. The molecule has 0 spiro atoms. The Kier molecular flexibility index (Phi) is 4.08. The number of pyridine rings is 1. The van der Waals surface area contributed by atoms with Crippen molar-refractivity contribution in [3.63, 3.8) is 0 Å². The molecule has 0 aliphatic carbocycles. The highest BCUT2D eigenvalue weighted by Gasteiger charge is 2.32. The number of imidazole rings is 1. The first kappa shape index (κ1) is 17.6. The summed E-state index contributed by atoms with van der Waals surface area (Å²) >= 11 is 6.57. The van der Waals surface area contributed by atoms with Crippen molar-refractivity contribution in [2.24, 2.45) is 0 Å². The van der Waals surface area contributed by atoms with Crippen LogP contribution in [0.2, 0.25) is 5.02 Å². The Labute approximate surface area is 166 Å². The van der Waals surface area contributed by atoms with Gasteiger partial charge in [0.2, 0.25) is 0 Å². The fourth-order valence-electron chi connectivity index (χ4n) is 3.88. The van der Waals surface area contributed by atoms with E-state index in [9.17, 15) is 5.11 Å². The summed E-state index contributed by atoms with van der Waals surface area (Å²) < 4.78 is 7.40. The molecule has 7 heteroatoms. The van der Waals surface area contributed by atoms with E-state index in [-0.39, 0.29) is 0 Å². The van der Waals surface area contributed by atoms with Crippen LogP contribution in [-0.2, 0) is 10.3 Å². The Bertz CT molecular complexity index is 1200. The molecule has 6 nitrogen and oxygen atoms in total. The smallest absolute Gasteiger partial charge is 0.164 e. The maximum absolute atomic E-state index is 11.1. The van der Waals surface area contributed by atoms with Gasteiger partial charge in [-0.25, -0.2) is 15.0 Å².